The predicted octanol–water partition coefficient (Wildman–Crippen LogP) is 1.42. The van der Waals surface area contributed by atoms with E-state index in [1.165, 1.54) is 19.4 Å². The Kier molecular flexibility index (Phi) is 1.65. The fourth-order valence-corrected chi connectivity index (χ4v) is 4.47. The van der Waals surface area contributed by atoms with E-state index in [2.05, 4.69) is 11.3 Å². The van der Waals surface area contributed by atoms with E-state index in [0.717, 1.165) is 6.61 Å². The molecule has 2 atom stereocenters. The summed E-state index contributed by atoms with van der Waals surface area (Å²) in [4.78, 5) is 0. The molecule has 2 heterocycles. The summed E-state index contributed by atoms with van der Waals surface area (Å²) in [5, 5.41) is 0. The molecule has 2 aliphatic heterocycles. The zero-order valence-electron chi connectivity index (χ0n) is 6.12. The van der Waals surface area contributed by atoms with Gasteiger partial charge >= 0.3 is 0 Å². The molecule has 0 aromatic heterocycles. The van der Waals surface area contributed by atoms with Gasteiger partial charge in [-0.25, -0.2) is 4.67 Å². The van der Waals surface area contributed by atoms with E-state index in [1.807, 2.05) is 0 Å². The number of nitrogens with zero attached hydrogens (tertiary/aromatic N) is 1. The first-order chi connectivity index (χ1) is 4.70. The molecule has 2 nitrogen and oxygen atoms in total. The van der Waals surface area contributed by atoms with Crippen molar-refractivity contribution in [2.75, 3.05) is 19.8 Å². The maximum absolute atomic E-state index is 5.56. The van der Waals surface area contributed by atoms with Gasteiger partial charge in [0.25, 0.3) is 0 Å². The quantitative estimate of drug-likeness (QED) is 0.519. The van der Waals surface area contributed by atoms with Crippen LogP contribution in [0.3, 0.4) is 0 Å². The van der Waals surface area contributed by atoms with E-state index >= 15 is 0 Å². The SMILES string of the molecule is CP1(=S)OC[C@@H]2CCCN21. The van der Waals surface area contributed by atoms with Crippen molar-refractivity contribution in [3.8, 4) is 0 Å². The van der Waals surface area contributed by atoms with Crippen LogP contribution in [-0.2, 0) is 16.3 Å². The molecule has 0 aliphatic carbocycles. The lowest BCUT2D eigenvalue weighted by Gasteiger charge is -2.20. The van der Waals surface area contributed by atoms with Gasteiger partial charge < -0.3 is 4.52 Å². The fraction of sp³-hybridized carbons (Fsp3) is 1.00. The third kappa shape index (κ3) is 0.964. The highest BCUT2D eigenvalue weighted by molar-refractivity contribution is 8.10. The van der Waals surface area contributed by atoms with E-state index in [-0.39, 0.29) is 0 Å². The molecule has 0 radical (unpaired) electrons. The Morgan fingerprint density at radius 3 is 3.20 bits per heavy atom. The molecule has 58 valence electrons. The van der Waals surface area contributed by atoms with Crippen LogP contribution in [0.25, 0.3) is 0 Å². The molecule has 2 aliphatic rings. The number of rotatable bonds is 0. The third-order valence-electron chi connectivity index (χ3n) is 2.32. The Bertz CT molecular complexity index is 196. The Morgan fingerprint density at radius 1 is 1.70 bits per heavy atom. The first kappa shape index (κ1) is 7.23. The monoisotopic (exact) mass is 177 g/mol. The van der Waals surface area contributed by atoms with Crippen molar-refractivity contribution < 1.29 is 4.52 Å². The van der Waals surface area contributed by atoms with Gasteiger partial charge in [0, 0.05) is 19.3 Å². The molecule has 0 saturated carbocycles. The molecule has 2 saturated heterocycles. The summed E-state index contributed by atoms with van der Waals surface area (Å²) >= 11 is 5.36. The standard InChI is InChI=1S/C6H12NOPS/c1-9(10)7-4-2-3-6(7)5-8-9/h6H,2-5H2,1H3/t6-,9?/m0/s1. The van der Waals surface area contributed by atoms with Crippen LogP contribution in [0.2, 0.25) is 0 Å². The molecule has 1 unspecified atom stereocenters. The Morgan fingerprint density at radius 2 is 2.50 bits per heavy atom. The maximum Gasteiger partial charge on any atom is 0.129 e. The third-order valence-corrected chi connectivity index (χ3v) is 5.35. The summed E-state index contributed by atoms with van der Waals surface area (Å²) in [5.74, 6) is 0. The van der Waals surface area contributed by atoms with Crippen LogP contribution in [0.4, 0.5) is 0 Å². The van der Waals surface area contributed by atoms with Gasteiger partial charge in [0.1, 0.15) is 6.42 Å². The first-order valence-corrected chi connectivity index (χ1v) is 6.81. The highest BCUT2D eigenvalue weighted by Crippen LogP contribution is 2.56. The van der Waals surface area contributed by atoms with E-state index in [1.54, 1.807) is 0 Å². The molecular weight excluding hydrogens is 165 g/mol. The van der Waals surface area contributed by atoms with Crippen LogP contribution in [0.15, 0.2) is 0 Å². The minimum absolute atomic E-state index is 0.677. The minimum atomic E-state index is -1.48. The lowest BCUT2D eigenvalue weighted by Crippen LogP contribution is -2.20. The lowest BCUT2D eigenvalue weighted by molar-refractivity contribution is 0.341. The summed E-state index contributed by atoms with van der Waals surface area (Å²) in [5.41, 5.74) is 0. The zero-order chi connectivity index (χ0) is 7.19. The highest BCUT2D eigenvalue weighted by atomic mass is 32.4. The molecule has 0 N–H and O–H groups in total. The first-order valence-electron chi connectivity index (χ1n) is 3.69. The summed E-state index contributed by atoms with van der Waals surface area (Å²) in [6.07, 6.45) is 1.14. The van der Waals surface area contributed by atoms with Gasteiger partial charge in [0.2, 0.25) is 0 Å². The van der Waals surface area contributed by atoms with Crippen molar-refractivity contribution in [1.82, 2.24) is 4.67 Å². The van der Waals surface area contributed by atoms with Gasteiger partial charge in [0.05, 0.1) is 6.61 Å². The molecule has 0 aromatic rings. The molecule has 2 fully saturated rings. The molecule has 0 bridgehead atoms. The van der Waals surface area contributed by atoms with Crippen LogP contribution in [0.5, 0.6) is 0 Å². The van der Waals surface area contributed by atoms with Crippen molar-refractivity contribution in [1.29, 1.82) is 0 Å². The van der Waals surface area contributed by atoms with E-state index in [0.29, 0.717) is 6.04 Å². The van der Waals surface area contributed by atoms with Gasteiger partial charge in [-0.05, 0) is 12.8 Å². The number of fused-ring (bicyclic) bond motifs is 1. The molecule has 0 aromatic carbocycles. The van der Waals surface area contributed by atoms with Gasteiger partial charge in [-0.2, -0.15) is 0 Å². The second-order valence-electron chi connectivity index (χ2n) is 3.06. The lowest BCUT2D eigenvalue weighted by atomic mass is 10.2. The summed E-state index contributed by atoms with van der Waals surface area (Å²) in [7, 11) is 0. The fourth-order valence-electron chi connectivity index (χ4n) is 1.77. The highest BCUT2D eigenvalue weighted by Gasteiger charge is 2.39. The number of hydrogen-bond acceptors (Lipinski definition) is 2. The van der Waals surface area contributed by atoms with Crippen molar-refractivity contribution in [2.24, 2.45) is 0 Å². The predicted molar refractivity (Wildman–Crippen MR) is 45.9 cm³/mol. The number of hydrogen-bond donors (Lipinski definition) is 0. The van der Waals surface area contributed by atoms with E-state index in [4.69, 9.17) is 16.3 Å². The van der Waals surface area contributed by atoms with Gasteiger partial charge in [-0.1, -0.05) is 11.8 Å². The van der Waals surface area contributed by atoms with Crippen molar-refractivity contribution in [2.45, 2.75) is 18.9 Å². The van der Waals surface area contributed by atoms with E-state index in [9.17, 15) is 0 Å². The topological polar surface area (TPSA) is 12.5 Å². The second kappa shape index (κ2) is 2.28. The van der Waals surface area contributed by atoms with Crippen LogP contribution in [0.1, 0.15) is 12.8 Å². The summed E-state index contributed by atoms with van der Waals surface area (Å²) in [6, 6.07) is 0.677. The Labute approximate surface area is 66.7 Å². The normalized spacial score (nSPS) is 47.9. The smallest absolute Gasteiger partial charge is 0.129 e. The molecule has 0 spiro atoms. The summed E-state index contributed by atoms with van der Waals surface area (Å²) in [6.45, 7) is 4.17. The molecular formula is C6H12NOPS. The van der Waals surface area contributed by atoms with Crippen molar-refractivity contribution >= 4 is 18.2 Å². The van der Waals surface area contributed by atoms with Gasteiger partial charge in [0.15, 0.2) is 0 Å². The van der Waals surface area contributed by atoms with Crippen LogP contribution < -0.4 is 0 Å². The largest absolute Gasteiger partial charge is 0.336 e. The maximum atomic E-state index is 5.56. The van der Waals surface area contributed by atoms with Crippen molar-refractivity contribution in [3.05, 3.63) is 0 Å². The average molecular weight is 177 g/mol. The van der Waals surface area contributed by atoms with Crippen molar-refractivity contribution in [3.63, 3.8) is 0 Å². The molecule has 10 heavy (non-hydrogen) atoms. The average Bonchev–Trinajstić information content (AvgIpc) is 2.36. The van der Waals surface area contributed by atoms with Crippen LogP contribution in [0, 0.1) is 0 Å². The Balaban J connectivity index is 2.24. The van der Waals surface area contributed by atoms with Crippen LogP contribution in [-0.4, -0.2) is 30.5 Å². The van der Waals surface area contributed by atoms with E-state index < -0.39 is 6.42 Å². The Hall–Kier alpha value is 0.570. The molecule has 2 rings (SSSR count). The zero-order valence-corrected chi connectivity index (χ0v) is 7.83. The second-order valence-corrected chi connectivity index (χ2v) is 7.47. The summed E-state index contributed by atoms with van der Waals surface area (Å²) < 4.78 is 7.96. The van der Waals surface area contributed by atoms with Gasteiger partial charge in [-0.3, -0.25) is 0 Å². The molecule has 0 amide bonds. The minimum Gasteiger partial charge on any atom is -0.336 e. The van der Waals surface area contributed by atoms with Gasteiger partial charge in [-0.15, -0.1) is 0 Å². The molecule has 4 heteroatoms. The van der Waals surface area contributed by atoms with Crippen LogP contribution >= 0.6 is 6.42 Å².